The van der Waals surface area contributed by atoms with Crippen LogP contribution in [0, 0.1) is 3.57 Å². The summed E-state index contributed by atoms with van der Waals surface area (Å²) in [6, 6.07) is 10.9. The normalized spacial score (nSPS) is 10.3. The number of benzene rings is 2. The molecule has 0 radical (unpaired) electrons. The molecular weight excluding hydrogens is 487 g/mol. The molecule has 0 saturated carbocycles. The fourth-order valence-electron chi connectivity index (χ4n) is 1.51. The van der Waals surface area contributed by atoms with E-state index in [-0.39, 0.29) is 5.91 Å². The van der Waals surface area contributed by atoms with Crippen LogP contribution < -0.4 is 11.1 Å². The van der Waals surface area contributed by atoms with Crippen LogP contribution in [-0.4, -0.2) is 5.91 Å². The van der Waals surface area contributed by atoms with E-state index in [0.717, 1.165) is 12.5 Å². The zero-order valence-corrected chi connectivity index (χ0v) is 14.9. The molecule has 0 aliphatic heterocycles. The van der Waals surface area contributed by atoms with Crippen LogP contribution in [0.4, 0.5) is 11.4 Å². The predicted molar refractivity (Wildman–Crippen MR) is 93.4 cm³/mol. The molecule has 3 N–H and O–H groups in total. The monoisotopic (exact) mass is 494 g/mol. The molecule has 0 heterocycles. The maximum atomic E-state index is 12.2. The highest BCUT2D eigenvalue weighted by molar-refractivity contribution is 14.1. The summed E-state index contributed by atoms with van der Waals surface area (Å²) >= 11 is 8.86. The molecule has 2 aromatic carbocycles. The number of nitrogens with two attached hydrogens (primary N) is 1. The van der Waals surface area contributed by atoms with E-state index in [2.05, 4.69) is 59.8 Å². The van der Waals surface area contributed by atoms with E-state index in [9.17, 15) is 4.79 Å². The van der Waals surface area contributed by atoms with Gasteiger partial charge in [-0.25, -0.2) is 0 Å². The van der Waals surface area contributed by atoms with Crippen LogP contribution in [0.25, 0.3) is 0 Å². The number of hydrogen-bond acceptors (Lipinski definition) is 2. The van der Waals surface area contributed by atoms with E-state index < -0.39 is 0 Å². The van der Waals surface area contributed by atoms with E-state index in [1.165, 1.54) is 0 Å². The van der Waals surface area contributed by atoms with Crippen LogP contribution in [0.15, 0.2) is 45.3 Å². The number of rotatable bonds is 2. The average Bonchev–Trinajstić information content (AvgIpc) is 2.35. The largest absolute Gasteiger partial charge is 0.397 e. The fourth-order valence-corrected chi connectivity index (χ4v) is 2.81. The summed E-state index contributed by atoms with van der Waals surface area (Å²) in [6.07, 6.45) is 0. The standard InChI is InChI=1S/C13H9Br2IN2O/c14-7-1-4-12(11(17)5-7)18-13(19)9-6-8(16)2-3-10(9)15/h1-6H,17H2,(H,18,19). The third kappa shape index (κ3) is 3.70. The molecule has 0 fully saturated rings. The topological polar surface area (TPSA) is 55.1 Å². The minimum absolute atomic E-state index is 0.195. The molecule has 1 amide bonds. The minimum atomic E-state index is -0.195. The van der Waals surface area contributed by atoms with Crippen LogP contribution in [0.2, 0.25) is 0 Å². The van der Waals surface area contributed by atoms with Crippen LogP contribution >= 0.6 is 54.5 Å². The summed E-state index contributed by atoms with van der Waals surface area (Å²) in [5, 5.41) is 2.80. The van der Waals surface area contributed by atoms with E-state index in [1.807, 2.05) is 24.3 Å². The number of amides is 1. The molecule has 2 rings (SSSR count). The molecule has 2 aromatic rings. The second-order valence-electron chi connectivity index (χ2n) is 3.81. The van der Waals surface area contributed by atoms with Crippen molar-refractivity contribution >= 4 is 71.7 Å². The Labute approximate surface area is 141 Å². The first-order valence-corrected chi connectivity index (χ1v) is 7.95. The third-order valence-corrected chi connectivity index (χ3v) is 4.29. The quantitative estimate of drug-likeness (QED) is 0.471. The Hall–Kier alpha value is -0.600. The van der Waals surface area contributed by atoms with Crippen LogP contribution in [0.1, 0.15) is 10.4 Å². The summed E-state index contributed by atoms with van der Waals surface area (Å²) in [5.74, 6) is -0.195. The molecular formula is C13H9Br2IN2O. The third-order valence-electron chi connectivity index (χ3n) is 2.43. The van der Waals surface area contributed by atoms with E-state index in [0.29, 0.717) is 16.9 Å². The van der Waals surface area contributed by atoms with Crippen LogP contribution in [0.5, 0.6) is 0 Å². The van der Waals surface area contributed by atoms with E-state index in [4.69, 9.17) is 5.73 Å². The molecule has 0 bridgehead atoms. The van der Waals surface area contributed by atoms with Gasteiger partial charge in [0.2, 0.25) is 0 Å². The van der Waals surface area contributed by atoms with Gasteiger partial charge in [0.25, 0.3) is 5.91 Å². The number of halogens is 3. The van der Waals surface area contributed by atoms with Crippen molar-refractivity contribution in [2.24, 2.45) is 0 Å². The molecule has 0 spiro atoms. The van der Waals surface area contributed by atoms with Gasteiger partial charge >= 0.3 is 0 Å². The first-order chi connectivity index (χ1) is 8.97. The van der Waals surface area contributed by atoms with Gasteiger partial charge in [-0.05, 0) is 74.9 Å². The number of anilines is 2. The minimum Gasteiger partial charge on any atom is -0.397 e. The number of hydrogen-bond donors (Lipinski definition) is 2. The Bertz CT molecular complexity index is 647. The van der Waals surface area contributed by atoms with Crippen molar-refractivity contribution in [2.75, 3.05) is 11.1 Å². The first-order valence-electron chi connectivity index (χ1n) is 5.29. The van der Waals surface area contributed by atoms with Gasteiger partial charge < -0.3 is 11.1 Å². The Morgan fingerprint density at radius 1 is 1.16 bits per heavy atom. The van der Waals surface area contributed by atoms with Gasteiger partial charge in [0.1, 0.15) is 0 Å². The molecule has 0 unspecified atom stereocenters. The second-order valence-corrected chi connectivity index (χ2v) is 6.83. The summed E-state index contributed by atoms with van der Waals surface area (Å²) in [5.41, 5.74) is 7.55. The Kier molecular flexibility index (Phi) is 4.86. The molecule has 6 heteroatoms. The second kappa shape index (κ2) is 6.23. The highest BCUT2D eigenvalue weighted by atomic mass is 127. The molecule has 0 aromatic heterocycles. The van der Waals surface area contributed by atoms with Gasteiger partial charge in [-0.3, -0.25) is 4.79 Å². The lowest BCUT2D eigenvalue weighted by Gasteiger charge is -2.10. The molecule has 0 aliphatic carbocycles. The molecule has 0 atom stereocenters. The summed E-state index contributed by atoms with van der Waals surface area (Å²) in [4.78, 5) is 12.2. The van der Waals surface area contributed by atoms with Gasteiger partial charge in [-0.2, -0.15) is 0 Å². The van der Waals surface area contributed by atoms with E-state index in [1.54, 1.807) is 12.1 Å². The van der Waals surface area contributed by atoms with Crippen molar-refractivity contribution in [1.82, 2.24) is 0 Å². The van der Waals surface area contributed by atoms with Gasteiger partial charge in [-0.15, -0.1) is 0 Å². The maximum absolute atomic E-state index is 12.2. The van der Waals surface area contributed by atoms with Crippen molar-refractivity contribution in [3.8, 4) is 0 Å². The summed E-state index contributed by atoms with van der Waals surface area (Å²) in [7, 11) is 0. The summed E-state index contributed by atoms with van der Waals surface area (Å²) in [6.45, 7) is 0. The Morgan fingerprint density at radius 2 is 1.89 bits per heavy atom. The summed E-state index contributed by atoms with van der Waals surface area (Å²) < 4.78 is 2.62. The zero-order chi connectivity index (χ0) is 14.0. The first kappa shape index (κ1) is 14.8. The van der Waals surface area contributed by atoms with Crippen molar-refractivity contribution in [1.29, 1.82) is 0 Å². The van der Waals surface area contributed by atoms with Gasteiger partial charge in [-0.1, -0.05) is 15.9 Å². The number of nitrogens with one attached hydrogen (secondary N) is 1. The number of carbonyl (C=O) groups excluding carboxylic acids is 1. The Morgan fingerprint density at radius 3 is 2.58 bits per heavy atom. The Balaban J connectivity index is 2.28. The lowest BCUT2D eigenvalue weighted by molar-refractivity contribution is 0.102. The zero-order valence-electron chi connectivity index (χ0n) is 9.58. The van der Waals surface area contributed by atoms with Crippen molar-refractivity contribution in [3.05, 3.63) is 54.5 Å². The highest BCUT2D eigenvalue weighted by Crippen LogP contribution is 2.25. The van der Waals surface area contributed by atoms with Crippen molar-refractivity contribution in [3.63, 3.8) is 0 Å². The number of carbonyl (C=O) groups is 1. The van der Waals surface area contributed by atoms with E-state index >= 15 is 0 Å². The smallest absolute Gasteiger partial charge is 0.256 e. The lowest BCUT2D eigenvalue weighted by Crippen LogP contribution is -2.14. The molecule has 0 saturated heterocycles. The van der Waals surface area contributed by atoms with Gasteiger partial charge in [0, 0.05) is 12.5 Å². The molecule has 3 nitrogen and oxygen atoms in total. The highest BCUT2D eigenvalue weighted by Gasteiger charge is 2.12. The number of nitrogen functional groups attached to an aromatic ring is 1. The maximum Gasteiger partial charge on any atom is 0.256 e. The lowest BCUT2D eigenvalue weighted by atomic mass is 10.2. The fraction of sp³-hybridized carbons (Fsp3) is 0. The van der Waals surface area contributed by atoms with Crippen LogP contribution in [-0.2, 0) is 0 Å². The molecule has 19 heavy (non-hydrogen) atoms. The van der Waals surface area contributed by atoms with Gasteiger partial charge in [0.15, 0.2) is 0 Å². The van der Waals surface area contributed by atoms with Gasteiger partial charge in [0.05, 0.1) is 16.9 Å². The van der Waals surface area contributed by atoms with Crippen molar-refractivity contribution in [2.45, 2.75) is 0 Å². The molecule has 0 aliphatic rings. The van der Waals surface area contributed by atoms with Crippen LogP contribution in [0.3, 0.4) is 0 Å². The predicted octanol–water partition coefficient (Wildman–Crippen LogP) is 4.65. The van der Waals surface area contributed by atoms with Crippen molar-refractivity contribution < 1.29 is 4.79 Å². The average molecular weight is 496 g/mol. The molecule has 98 valence electrons. The SMILES string of the molecule is Nc1cc(Br)ccc1NC(=O)c1cc(I)ccc1Br.